The molecule has 0 aromatic heterocycles. The summed E-state index contributed by atoms with van der Waals surface area (Å²) in [7, 11) is 0. The van der Waals surface area contributed by atoms with Crippen LogP contribution in [0.1, 0.15) is 77.0 Å². The second kappa shape index (κ2) is 6.09. The van der Waals surface area contributed by atoms with Gasteiger partial charge in [0.05, 0.1) is 0 Å². The molecule has 4 nitrogen and oxygen atoms in total. The van der Waals surface area contributed by atoms with Gasteiger partial charge in [0.25, 0.3) is 0 Å². The van der Waals surface area contributed by atoms with Crippen LogP contribution < -0.4 is 0 Å². The second-order valence-electron chi connectivity index (χ2n) is 11.1. The monoisotopic (exact) mass is 380 g/mol. The fraction of sp³-hybridized carbons (Fsp3) is 0.833. The Kier molecular flexibility index (Phi) is 3.81. The van der Waals surface area contributed by atoms with Crippen molar-refractivity contribution in [3.05, 3.63) is 24.3 Å². The molecule has 6 rings (SSSR count). The van der Waals surface area contributed by atoms with Gasteiger partial charge in [-0.05, 0) is 51.4 Å². The van der Waals surface area contributed by atoms with Crippen molar-refractivity contribution in [1.29, 1.82) is 0 Å². The Morgan fingerprint density at radius 2 is 0.750 bits per heavy atom. The van der Waals surface area contributed by atoms with E-state index in [1.807, 2.05) is 0 Å². The summed E-state index contributed by atoms with van der Waals surface area (Å²) in [5.41, 5.74) is 1.92. The molecule has 152 valence electrons. The molecule has 0 N–H and O–H groups in total. The van der Waals surface area contributed by atoms with Crippen molar-refractivity contribution in [1.82, 2.24) is 10.0 Å². The maximum atomic E-state index is 4.89. The Balaban J connectivity index is 1.20. The molecule has 0 aromatic carbocycles. The molecule has 0 spiro atoms. The molecule has 2 aliphatic heterocycles. The van der Waals surface area contributed by atoms with Crippen LogP contribution in [0.5, 0.6) is 0 Å². The molecule has 2 saturated heterocycles. The number of hydrogen-bond acceptors (Lipinski definition) is 2. The Labute approximate surface area is 170 Å². The third-order valence-electron chi connectivity index (χ3n) is 9.97. The van der Waals surface area contributed by atoms with Crippen molar-refractivity contribution in [3.8, 4) is 0 Å². The van der Waals surface area contributed by atoms with Crippen LogP contribution in [-0.4, -0.2) is 36.2 Å². The van der Waals surface area contributed by atoms with Crippen molar-refractivity contribution in [2.24, 2.45) is 32.1 Å². The second-order valence-corrected chi connectivity index (χ2v) is 11.1. The van der Waals surface area contributed by atoms with Crippen molar-refractivity contribution >= 4 is 0 Å². The van der Waals surface area contributed by atoms with Gasteiger partial charge in [-0.25, -0.2) is 0 Å². The highest BCUT2D eigenvalue weighted by Gasteiger charge is 2.59. The van der Waals surface area contributed by atoms with Gasteiger partial charge in [-0.15, -0.1) is 0 Å². The largest absolute Gasteiger partial charge is 0.276 e. The molecule has 0 radical (unpaired) electrons. The number of hydrogen-bond donors (Lipinski definition) is 0. The summed E-state index contributed by atoms with van der Waals surface area (Å²) in [5, 5.41) is 14.5. The maximum absolute atomic E-state index is 4.89. The maximum Gasteiger partial charge on any atom is 0.0443 e. The Morgan fingerprint density at radius 1 is 0.464 bits per heavy atom. The number of allylic oxidation sites excluding steroid dienone is 4. The molecule has 28 heavy (non-hydrogen) atoms. The first-order valence-corrected chi connectivity index (χ1v) is 11.9. The first-order valence-electron chi connectivity index (χ1n) is 11.9. The summed E-state index contributed by atoms with van der Waals surface area (Å²) in [6, 6.07) is 0. The molecule has 4 atom stereocenters. The number of nitrogens with zero attached hydrogens (tertiary/aromatic N) is 4. The predicted octanol–water partition coefficient (Wildman–Crippen LogP) is 5.69. The minimum atomic E-state index is 0.479. The SMILES string of the molecule is C1=CCC23CCCCC2(C1)CN(/N=N/N1CC24CC=CCC2(CCCC4)C1)C3. The molecular formula is C24H36N4. The smallest absolute Gasteiger partial charge is 0.0443 e. The van der Waals surface area contributed by atoms with Crippen molar-refractivity contribution < 1.29 is 0 Å². The summed E-state index contributed by atoms with van der Waals surface area (Å²) in [4.78, 5) is 0. The van der Waals surface area contributed by atoms with Gasteiger partial charge in [0.1, 0.15) is 0 Å². The molecule has 0 amide bonds. The van der Waals surface area contributed by atoms with Crippen LogP contribution in [0.2, 0.25) is 0 Å². The lowest BCUT2D eigenvalue weighted by atomic mass is 9.53. The van der Waals surface area contributed by atoms with Gasteiger partial charge in [0.15, 0.2) is 0 Å². The Hall–Kier alpha value is -1.32. The predicted molar refractivity (Wildman–Crippen MR) is 111 cm³/mol. The van der Waals surface area contributed by atoms with Crippen LogP contribution in [-0.2, 0) is 0 Å². The third kappa shape index (κ3) is 2.29. The van der Waals surface area contributed by atoms with E-state index in [0.717, 1.165) is 26.2 Å². The van der Waals surface area contributed by atoms with E-state index in [9.17, 15) is 0 Å². The summed E-state index contributed by atoms with van der Waals surface area (Å²) < 4.78 is 0. The number of rotatable bonds is 2. The molecule has 0 aromatic rings. The van der Waals surface area contributed by atoms with Crippen molar-refractivity contribution in [3.63, 3.8) is 0 Å². The molecule has 4 fully saturated rings. The van der Waals surface area contributed by atoms with E-state index in [4.69, 9.17) is 10.4 Å². The Morgan fingerprint density at radius 3 is 1.04 bits per heavy atom. The Bertz CT molecular complexity index is 616. The van der Waals surface area contributed by atoms with E-state index in [-0.39, 0.29) is 0 Å². The van der Waals surface area contributed by atoms with Crippen LogP contribution in [0.4, 0.5) is 0 Å². The lowest BCUT2D eigenvalue weighted by Gasteiger charge is -2.49. The summed E-state index contributed by atoms with van der Waals surface area (Å²) in [6.07, 6.45) is 26.1. The molecular weight excluding hydrogens is 344 g/mol. The molecule has 4 unspecified atom stereocenters. The summed E-state index contributed by atoms with van der Waals surface area (Å²) in [5.74, 6) is 0. The van der Waals surface area contributed by atoms with Crippen molar-refractivity contribution in [2.45, 2.75) is 77.0 Å². The van der Waals surface area contributed by atoms with E-state index in [0.29, 0.717) is 21.7 Å². The van der Waals surface area contributed by atoms with Gasteiger partial charge in [-0.3, -0.25) is 10.0 Å². The van der Waals surface area contributed by atoms with Gasteiger partial charge in [-0.1, -0.05) is 60.4 Å². The fourth-order valence-corrected chi connectivity index (χ4v) is 8.42. The average molecular weight is 381 g/mol. The van der Waals surface area contributed by atoms with Gasteiger partial charge in [0, 0.05) is 47.8 Å². The molecule has 6 aliphatic rings. The minimum absolute atomic E-state index is 0.479. The average Bonchev–Trinajstić information content (AvgIpc) is 3.25. The lowest BCUT2D eigenvalue weighted by Crippen LogP contribution is -2.44. The van der Waals surface area contributed by atoms with Crippen LogP contribution in [0.15, 0.2) is 34.8 Å². The highest BCUT2D eigenvalue weighted by Crippen LogP contribution is 2.63. The van der Waals surface area contributed by atoms with Gasteiger partial charge < -0.3 is 0 Å². The van der Waals surface area contributed by atoms with Gasteiger partial charge in [-0.2, -0.15) is 0 Å². The third-order valence-corrected chi connectivity index (χ3v) is 9.97. The van der Waals surface area contributed by atoms with E-state index in [2.05, 4.69) is 34.3 Å². The zero-order chi connectivity index (χ0) is 18.7. The van der Waals surface area contributed by atoms with Crippen LogP contribution in [0, 0.1) is 21.7 Å². The zero-order valence-corrected chi connectivity index (χ0v) is 17.4. The topological polar surface area (TPSA) is 31.2 Å². The summed E-state index contributed by atoms with van der Waals surface area (Å²) in [6.45, 7) is 4.53. The van der Waals surface area contributed by atoms with E-state index in [1.54, 1.807) is 0 Å². The highest BCUT2D eigenvalue weighted by atomic mass is 15.7. The normalized spacial score (nSPS) is 47.1. The van der Waals surface area contributed by atoms with Crippen molar-refractivity contribution in [2.75, 3.05) is 26.2 Å². The molecule has 4 heteroatoms. The van der Waals surface area contributed by atoms with E-state index in [1.165, 1.54) is 77.0 Å². The fourth-order valence-electron chi connectivity index (χ4n) is 8.42. The first kappa shape index (κ1) is 17.5. The summed E-state index contributed by atoms with van der Waals surface area (Å²) >= 11 is 0. The molecule has 2 saturated carbocycles. The molecule has 0 bridgehead atoms. The molecule has 2 heterocycles. The van der Waals surface area contributed by atoms with Gasteiger partial charge >= 0.3 is 0 Å². The minimum Gasteiger partial charge on any atom is -0.276 e. The lowest BCUT2D eigenvalue weighted by molar-refractivity contribution is 0.0342. The van der Waals surface area contributed by atoms with Crippen LogP contribution in [0.3, 0.4) is 0 Å². The van der Waals surface area contributed by atoms with Gasteiger partial charge in [0.2, 0.25) is 0 Å². The molecule has 4 aliphatic carbocycles. The highest BCUT2D eigenvalue weighted by molar-refractivity contribution is 5.17. The van der Waals surface area contributed by atoms with Crippen LogP contribution >= 0.6 is 0 Å². The van der Waals surface area contributed by atoms with E-state index < -0.39 is 0 Å². The quantitative estimate of drug-likeness (QED) is 0.455. The zero-order valence-electron chi connectivity index (χ0n) is 17.4. The first-order chi connectivity index (χ1) is 13.7. The van der Waals surface area contributed by atoms with Crippen LogP contribution in [0.25, 0.3) is 0 Å². The standard InChI is InChI=1S/C24H36N4/c1-2-10-22-12-4-3-11-21(22,9-1)17-27(18-22)25-26-28-19-23-13-5-6-14-24(23,20-28)16-8-7-15-23/h1-2,5-6H,3-4,7-20H2/b26-25+. The van der Waals surface area contributed by atoms with E-state index >= 15 is 0 Å².